The van der Waals surface area contributed by atoms with Crippen LogP contribution in [0.15, 0.2) is 21.7 Å². The Kier molecular flexibility index (Phi) is 12.2. The summed E-state index contributed by atoms with van der Waals surface area (Å²) in [7, 11) is 0. The van der Waals surface area contributed by atoms with Crippen molar-refractivity contribution in [1.29, 1.82) is 0 Å². The smallest absolute Gasteiger partial charge is 0.274 e. The van der Waals surface area contributed by atoms with E-state index >= 15 is 0 Å². The van der Waals surface area contributed by atoms with Gasteiger partial charge in [0.05, 0.1) is 0 Å². The number of aromatic amines is 2. The third-order valence-electron chi connectivity index (χ3n) is 4.58. The van der Waals surface area contributed by atoms with Gasteiger partial charge in [0, 0.05) is 6.42 Å². The number of nitrogens with one attached hydrogen (secondary N) is 2. The zero-order chi connectivity index (χ0) is 19.0. The molecule has 1 rings (SSSR count). The number of carbonyl (C=O) groups excluding carboxylic acids is 1. The molecule has 0 aromatic carbocycles. The molecule has 0 bridgehead atoms. The van der Waals surface area contributed by atoms with E-state index < -0.39 is 17.3 Å². The monoisotopic (exact) mass is 365 g/mol. The third kappa shape index (κ3) is 9.59. The maximum absolute atomic E-state index is 11.8. The van der Waals surface area contributed by atoms with Gasteiger partial charge in [-0.3, -0.25) is 4.79 Å². The lowest BCUT2D eigenvalue weighted by Gasteiger charge is -2.00. The number of hydrogen-bond donors (Lipinski definition) is 2. The maximum atomic E-state index is 11.8. The minimum absolute atomic E-state index is 0.235. The Bertz CT molecular complexity index is 597. The van der Waals surface area contributed by atoms with Gasteiger partial charge in [0.15, 0.2) is 0 Å². The molecule has 6 nitrogen and oxygen atoms in total. The minimum Gasteiger partial charge on any atom is -0.274 e. The predicted molar refractivity (Wildman–Crippen MR) is 106 cm³/mol. The Morgan fingerprint density at radius 2 is 1.23 bits per heavy atom. The highest BCUT2D eigenvalue weighted by atomic mass is 16.2. The number of hydrogen-bond acceptors (Lipinski definition) is 3. The van der Waals surface area contributed by atoms with Crippen LogP contribution in [0.2, 0.25) is 0 Å². The fourth-order valence-electron chi connectivity index (χ4n) is 3.00. The molecule has 0 amide bonds. The Morgan fingerprint density at radius 3 is 1.77 bits per heavy atom. The lowest BCUT2D eigenvalue weighted by molar-refractivity contribution is 0.0891. The van der Waals surface area contributed by atoms with E-state index in [0.29, 0.717) is 11.0 Å². The number of H-pyrrole nitrogens is 2. The minimum atomic E-state index is -0.687. The van der Waals surface area contributed by atoms with Gasteiger partial charge in [-0.05, 0) is 32.1 Å². The van der Waals surface area contributed by atoms with Crippen molar-refractivity contribution in [2.24, 2.45) is 0 Å². The highest BCUT2D eigenvalue weighted by Gasteiger charge is 2.11. The summed E-state index contributed by atoms with van der Waals surface area (Å²) in [6.07, 6.45) is 20.3. The molecule has 0 saturated heterocycles. The third-order valence-corrected chi connectivity index (χ3v) is 4.58. The van der Waals surface area contributed by atoms with Crippen molar-refractivity contribution in [2.75, 3.05) is 0 Å². The molecular formula is C20H35N3O3. The largest absolute Gasteiger partial charge is 0.351 e. The second kappa shape index (κ2) is 14.3. The van der Waals surface area contributed by atoms with E-state index in [0.717, 1.165) is 25.7 Å². The first-order valence-corrected chi connectivity index (χ1v) is 10.2. The van der Waals surface area contributed by atoms with E-state index in [4.69, 9.17) is 0 Å². The molecular weight excluding hydrogens is 330 g/mol. The standard InChI is InChI=1S/C20H35N3O3/c1-2-3-4-5-6-7-8-9-10-11-12-13-14-15-16-17-18(24)23-19(25)21-22-20(23)26/h9-10H,2-8,11-17H2,1H3,(H,21,25)(H,22,26). The summed E-state index contributed by atoms with van der Waals surface area (Å²) in [5, 5.41) is 4.23. The van der Waals surface area contributed by atoms with Crippen LogP contribution in [-0.4, -0.2) is 20.7 Å². The number of nitrogens with zero attached hydrogens (tertiary/aromatic N) is 1. The molecule has 1 aromatic heterocycles. The van der Waals surface area contributed by atoms with E-state index in [1.54, 1.807) is 0 Å². The fourth-order valence-corrected chi connectivity index (χ4v) is 3.00. The molecule has 148 valence electrons. The molecule has 0 spiro atoms. The van der Waals surface area contributed by atoms with Crippen LogP contribution >= 0.6 is 0 Å². The van der Waals surface area contributed by atoms with Crippen LogP contribution in [-0.2, 0) is 0 Å². The Balaban J connectivity index is 1.92. The van der Waals surface area contributed by atoms with Gasteiger partial charge in [0.2, 0.25) is 5.91 Å². The zero-order valence-electron chi connectivity index (χ0n) is 16.2. The summed E-state index contributed by atoms with van der Waals surface area (Å²) in [6, 6.07) is 0. The van der Waals surface area contributed by atoms with Gasteiger partial charge in [-0.1, -0.05) is 70.4 Å². The quantitative estimate of drug-likeness (QED) is 0.353. The van der Waals surface area contributed by atoms with Crippen molar-refractivity contribution in [1.82, 2.24) is 14.8 Å². The van der Waals surface area contributed by atoms with Crippen molar-refractivity contribution in [3.05, 3.63) is 33.1 Å². The van der Waals surface area contributed by atoms with E-state index in [1.807, 2.05) is 0 Å². The van der Waals surface area contributed by atoms with Crippen molar-refractivity contribution < 1.29 is 4.79 Å². The van der Waals surface area contributed by atoms with Crippen LogP contribution in [0.3, 0.4) is 0 Å². The number of aromatic nitrogens is 3. The summed E-state index contributed by atoms with van der Waals surface area (Å²) in [4.78, 5) is 34.4. The van der Waals surface area contributed by atoms with Crippen LogP contribution in [0.4, 0.5) is 0 Å². The molecule has 0 radical (unpaired) electrons. The maximum Gasteiger partial charge on any atom is 0.351 e. The molecule has 1 heterocycles. The number of carbonyl (C=O) groups is 1. The highest BCUT2D eigenvalue weighted by Crippen LogP contribution is 2.10. The Morgan fingerprint density at radius 1 is 0.769 bits per heavy atom. The van der Waals surface area contributed by atoms with Gasteiger partial charge < -0.3 is 0 Å². The molecule has 2 N–H and O–H groups in total. The van der Waals surface area contributed by atoms with Gasteiger partial charge in [0.25, 0.3) is 0 Å². The molecule has 0 unspecified atom stereocenters. The first-order chi connectivity index (χ1) is 12.7. The molecule has 0 atom stereocenters. The average molecular weight is 366 g/mol. The number of allylic oxidation sites excluding steroid dienone is 2. The van der Waals surface area contributed by atoms with E-state index in [1.165, 1.54) is 51.4 Å². The van der Waals surface area contributed by atoms with E-state index in [2.05, 4.69) is 29.3 Å². The topological polar surface area (TPSA) is 87.7 Å². The molecule has 0 aliphatic heterocycles. The van der Waals surface area contributed by atoms with Gasteiger partial charge in [0.1, 0.15) is 0 Å². The van der Waals surface area contributed by atoms with Crippen molar-refractivity contribution in [2.45, 2.75) is 96.8 Å². The van der Waals surface area contributed by atoms with Crippen molar-refractivity contribution in [3.8, 4) is 0 Å². The first kappa shape index (κ1) is 22.2. The summed E-state index contributed by atoms with van der Waals surface area (Å²) in [5.41, 5.74) is -1.37. The van der Waals surface area contributed by atoms with Crippen LogP contribution in [0, 0.1) is 0 Å². The van der Waals surface area contributed by atoms with Gasteiger partial charge >= 0.3 is 11.4 Å². The van der Waals surface area contributed by atoms with Crippen molar-refractivity contribution in [3.63, 3.8) is 0 Å². The van der Waals surface area contributed by atoms with Crippen molar-refractivity contribution >= 4 is 5.91 Å². The SMILES string of the molecule is CCCCCCCCC=CCCCCCCCC(=O)n1c(=O)[nH][nH]c1=O. The summed E-state index contributed by atoms with van der Waals surface area (Å²) in [5.74, 6) is -0.435. The van der Waals surface area contributed by atoms with Gasteiger partial charge in [-0.15, -0.1) is 0 Å². The molecule has 0 saturated carbocycles. The van der Waals surface area contributed by atoms with E-state index in [-0.39, 0.29) is 6.42 Å². The average Bonchev–Trinajstić information content (AvgIpc) is 2.96. The fraction of sp³-hybridized carbons (Fsp3) is 0.750. The predicted octanol–water partition coefficient (Wildman–Crippen LogP) is 4.54. The van der Waals surface area contributed by atoms with Crippen LogP contribution in [0.1, 0.15) is 102 Å². The van der Waals surface area contributed by atoms with Crippen LogP contribution in [0.5, 0.6) is 0 Å². The Labute approximate surface area is 156 Å². The molecule has 6 heteroatoms. The first-order valence-electron chi connectivity index (χ1n) is 10.2. The van der Waals surface area contributed by atoms with Gasteiger partial charge in [-0.25, -0.2) is 19.8 Å². The lowest BCUT2D eigenvalue weighted by Crippen LogP contribution is -2.32. The van der Waals surface area contributed by atoms with E-state index in [9.17, 15) is 14.4 Å². The molecule has 0 fully saturated rings. The zero-order valence-corrected chi connectivity index (χ0v) is 16.2. The second-order valence-electron chi connectivity index (χ2n) is 6.92. The number of rotatable bonds is 15. The Hall–Kier alpha value is -1.85. The molecule has 0 aliphatic carbocycles. The summed E-state index contributed by atoms with van der Waals surface area (Å²) >= 11 is 0. The highest BCUT2D eigenvalue weighted by molar-refractivity contribution is 5.78. The summed E-state index contributed by atoms with van der Waals surface area (Å²) < 4.78 is 0.634. The van der Waals surface area contributed by atoms with Crippen LogP contribution < -0.4 is 11.4 Å². The molecule has 0 aliphatic rings. The normalized spacial score (nSPS) is 11.4. The van der Waals surface area contributed by atoms with Crippen LogP contribution in [0.25, 0.3) is 0 Å². The molecule has 26 heavy (non-hydrogen) atoms. The lowest BCUT2D eigenvalue weighted by atomic mass is 10.1. The second-order valence-corrected chi connectivity index (χ2v) is 6.92. The molecule has 1 aromatic rings. The van der Waals surface area contributed by atoms with Gasteiger partial charge in [-0.2, -0.15) is 4.57 Å². The number of unbranched alkanes of at least 4 members (excludes halogenated alkanes) is 11. The summed E-state index contributed by atoms with van der Waals surface area (Å²) in [6.45, 7) is 2.25.